The average Bonchev–Trinajstić information content (AvgIpc) is 2.35. The van der Waals surface area contributed by atoms with Crippen molar-refractivity contribution in [1.82, 2.24) is 5.32 Å². The Labute approximate surface area is 113 Å². The van der Waals surface area contributed by atoms with Crippen molar-refractivity contribution in [3.8, 4) is 16.9 Å². The zero-order chi connectivity index (χ0) is 13.0. The summed E-state index contributed by atoms with van der Waals surface area (Å²) in [7, 11) is 0. The molecule has 1 aliphatic carbocycles. The Bertz CT molecular complexity index is 671. The van der Waals surface area contributed by atoms with Gasteiger partial charge in [-0.05, 0) is 47.7 Å². The Morgan fingerprint density at radius 3 is 2.58 bits per heavy atom. The standard InChI is InChI=1S/C17H17NO/c1-11-2-4-15-14-5-3-13(19)7-12(14)8-17(9-18-10-17)16(15)6-11/h2-7,18-19H,8-10H2,1H3. The maximum Gasteiger partial charge on any atom is 0.115 e. The summed E-state index contributed by atoms with van der Waals surface area (Å²) in [6.07, 6.45) is 1.03. The van der Waals surface area contributed by atoms with Crippen molar-refractivity contribution in [2.75, 3.05) is 13.1 Å². The van der Waals surface area contributed by atoms with Crippen molar-refractivity contribution in [1.29, 1.82) is 0 Å². The molecule has 2 aromatic carbocycles. The largest absolute Gasteiger partial charge is 0.508 e. The van der Waals surface area contributed by atoms with E-state index in [1.165, 1.54) is 27.8 Å². The summed E-state index contributed by atoms with van der Waals surface area (Å²) in [4.78, 5) is 0. The topological polar surface area (TPSA) is 32.3 Å². The van der Waals surface area contributed by atoms with Gasteiger partial charge in [0.05, 0.1) is 0 Å². The van der Waals surface area contributed by atoms with Crippen LogP contribution < -0.4 is 5.32 Å². The van der Waals surface area contributed by atoms with Gasteiger partial charge in [0, 0.05) is 18.5 Å². The van der Waals surface area contributed by atoms with E-state index in [1.54, 1.807) is 6.07 Å². The van der Waals surface area contributed by atoms with Gasteiger partial charge in [0.1, 0.15) is 5.75 Å². The van der Waals surface area contributed by atoms with Gasteiger partial charge in [-0.25, -0.2) is 0 Å². The number of phenolic OH excluding ortho intramolecular Hbond substituents is 1. The van der Waals surface area contributed by atoms with Crippen LogP contribution in [0.25, 0.3) is 11.1 Å². The Hall–Kier alpha value is -1.80. The highest BCUT2D eigenvalue weighted by Gasteiger charge is 2.43. The first-order valence-corrected chi connectivity index (χ1v) is 6.82. The number of rotatable bonds is 0. The molecular weight excluding hydrogens is 234 g/mol. The normalized spacial score (nSPS) is 18.6. The Morgan fingerprint density at radius 1 is 1.05 bits per heavy atom. The molecule has 1 spiro atoms. The molecule has 0 radical (unpaired) electrons. The van der Waals surface area contributed by atoms with Crippen LogP contribution in [0.2, 0.25) is 0 Å². The van der Waals surface area contributed by atoms with Gasteiger partial charge in [-0.2, -0.15) is 0 Å². The predicted octanol–water partition coefficient (Wildman–Crippen LogP) is 2.76. The van der Waals surface area contributed by atoms with E-state index in [9.17, 15) is 5.11 Å². The summed E-state index contributed by atoms with van der Waals surface area (Å²) < 4.78 is 0. The average molecular weight is 251 g/mol. The molecule has 2 aromatic rings. The van der Waals surface area contributed by atoms with E-state index >= 15 is 0 Å². The third kappa shape index (κ3) is 1.47. The number of benzene rings is 2. The monoisotopic (exact) mass is 251 g/mol. The summed E-state index contributed by atoms with van der Waals surface area (Å²) in [6, 6.07) is 12.5. The molecule has 2 nitrogen and oxygen atoms in total. The summed E-state index contributed by atoms with van der Waals surface area (Å²) in [5.41, 5.74) is 6.94. The highest BCUT2D eigenvalue weighted by molar-refractivity contribution is 5.76. The maximum atomic E-state index is 9.73. The molecule has 0 atom stereocenters. The zero-order valence-corrected chi connectivity index (χ0v) is 11.0. The number of nitrogens with one attached hydrogen (secondary N) is 1. The van der Waals surface area contributed by atoms with E-state index < -0.39 is 0 Å². The molecule has 0 saturated carbocycles. The second kappa shape index (κ2) is 3.61. The van der Waals surface area contributed by atoms with E-state index in [0.717, 1.165) is 19.5 Å². The molecular formula is C17H17NO. The minimum absolute atomic E-state index is 0.238. The predicted molar refractivity (Wildman–Crippen MR) is 76.5 cm³/mol. The molecule has 96 valence electrons. The van der Waals surface area contributed by atoms with Crippen molar-refractivity contribution >= 4 is 0 Å². The Balaban J connectivity index is 2.00. The molecule has 19 heavy (non-hydrogen) atoms. The minimum Gasteiger partial charge on any atom is -0.508 e. The fraction of sp³-hybridized carbons (Fsp3) is 0.294. The maximum absolute atomic E-state index is 9.73. The van der Waals surface area contributed by atoms with Crippen LogP contribution in [0.15, 0.2) is 36.4 Å². The molecule has 1 heterocycles. The SMILES string of the molecule is Cc1ccc2c(c1)C1(CNC1)Cc1cc(O)ccc1-2. The van der Waals surface area contributed by atoms with E-state index in [2.05, 4.69) is 36.5 Å². The number of hydrogen-bond acceptors (Lipinski definition) is 2. The van der Waals surface area contributed by atoms with Gasteiger partial charge in [0.25, 0.3) is 0 Å². The molecule has 1 aliphatic heterocycles. The van der Waals surface area contributed by atoms with Crippen molar-refractivity contribution in [3.05, 3.63) is 53.1 Å². The van der Waals surface area contributed by atoms with Gasteiger partial charge >= 0.3 is 0 Å². The van der Waals surface area contributed by atoms with Gasteiger partial charge in [-0.15, -0.1) is 0 Å². The van der Waals surface area contributed by atoms with Crippen LogP contribution in [-0.4, -0.2) is 18.2 Å². The highest BCUT2D eigenvalue weighted by Crippen LogP contribution is 2.46. The molecule has 0 aromatic heterocycles. The van der Waals surface area contributed by atoms with Gasteiger partial charge < -0.3 is 10.4 Å². The summed E-state index contributed by atoms with van der Waals surface area (Å²) >= 11 is 0. The molecule has 4 rings (SSSR count). The van der Waals surface area contributed by atoms with Crippen molar-refractivity contribution in [2.45, 2.75) is 18.8 Å². The van der Waals surface area contributed by atoms with Gasteiger partial charge in [0.2, 0.25) is 0 Å². The summed E-state index contributed by atoms with van der Waals surface area (Å²) in [5, 5.41) is 13.1. The number of aryl methyl sites for hydroxylation is 1. The van der Waals surface area contributed by atoms with Crippen LogP contribution in [-0.2, 0) is 11.8 Å². The molecule has 0 amide bonds. The number of aromatic hydroxyl groups is 1. The van der Waals surface area contributed by atoms with E-state index in [0.29, 0.717) is 5.75 Å². The van der Waals surface area contributed by atoms with E-state index in [4.69, 9.17) is 0 Å². The summed E-state index contributed by atoms with van der Waals surface area (Å²) in [6.45, 7) is 4.24. The number of phenols is 1. The van der Waals surface area contributed by atoms with Gasteiger partial charge in [-0.3, -0.25) is 0 Å². The van der Waals surface area contributed by atoms with Crippen LogP contribution in [0.1, 0.15) is 16.7 Å². The van der Waals surface area contributed by atoms with Crippen molar-refractivity contribution in [3.63, 3.8) is 0 Å². The molecule has 0 bridgehead atoms. The van der Waals surface area contributed by atoms with Crippen LogP contribution in [0.3, 0.4) is 0 Å². The fourth-order valence-electron chi connectivity index (χ4n) is 3.52. The van der Waals surface area contributed by atoms with Crippen LogP contribution in [0.4, 0.5) is 0 Å². The lowest BCUT2D eigenvalue weighted by atomic mass is 9.64. The van der Waals surface area contributed by atoms with Gasteiger partial charge in [0.15, 0.2) is 0 Å². The third-order valence-electron chi connectivity index (χ3n) is 4.58. The Morgan fingerprint density at radius 2 is 1.84 bits per heavy atom. The molecule has 2 aliphatic rings. The second-order valence-electron chi connectivity index (χ2n) is 5.95. The smallest absolute Gasteiger partial charge is 0.115 e. The quantitative estimate of drug-likeness (QED) is 0.754. The minimum atomic E-state index is 0.238. The lowest BCUT2D eigenvalue weighted by molar-refractivity contribution is 0.272. The van der Waals surface area contributed by atoms with E-state index in [1.807, 2.05) is 6.07 Å². The first kappa shape index (κ1) is 11.1. The second-order valence-corrected chi connectivity index (χ2v) is 5.95. The molecule has 1 fully saturated rings. The van der Waals surface area contributed by atoms with Crippen molar-refractivity contribution in [2.24, 2.45) is 0 Å². The first-order valence-electron chi connectivity index (χ1n) is 6.82. The molecule has 2 heteroatoms. The highest BCUT2D eigenvalue weighted by atomic mass is 16.3. The number of hydrogen-bond donors (Lipinski definition) is 2. The third-order valence-corrected chi connectivity index (χ3v) is 4.58. The van der Waals surface area contributed by atoms with Crippen LogP contribution in [0, 0.1) is 6.92 Å². The molecule has 2 N–H and O–H groups in total. The Kier molecular flexibility index (Phi) is 2.10. The van der Waals surface area contributed by atoms with E-state index in [-0.39, 0.29) is 5.41 Å². The number of fused-ring (bicyclic) bond motifs is 4. The van der Waals surface area contributed by atoms with Crippen LogP contribution >= 0.6 is 0 Å². The fourth-order valence-corrected chi connectivity index (χ4v) is 3.52. The zero-order valence-electron chi connectivity index (χ0n) is 11.0. The van der Waals surface area contributed by atoms with Gasteiger partial charge in [-0.1, -0.05) is 29.8 Å². The molecule has 1 saturated heterocycles. The lowest BCUT2D eigenvalue weighted by Gasteiger charge is -2.47. The lowest BCUT2D eigenvalue weighted by Crippen LogP contribution is -2.59. The van der Waals surface area contributed by atoms with Crippen molar-refractivity contribution < 1.29 is 5.11 Å². The summed E-state index contributed by atoms with van der Waals surface area (Å²) in [5.74, 6) is 0.372. The first-order chi connectivity index (χ1) is 9.18. The van der Waals surface area contributed by atoms with Crippen LogP contribution in [0.5, 0.6) is 5.75 Å². The molecule has 0 unspecified atom stereocenters.